The van der Waals surface area contributed by atoms with Gasteiger partial charge in [-0.05, 0) is 24.3 Å². The van der Waals surface area contributed by atoms with E-state index in [9.17, 15) is 14.4 Å². The first kappa shape index (κ1) is 19.2. The minimum Gasteiger partial charge on any atom is -0.408 e. The predicted molar refractivity (Wildman–Crippen MR) is 111 cm³/mol. The molecule has 3 aromatic carbocycles. The Bertz CT molecular complexity index is 1310. The van der Waals surface area contributed by atoms with Crippen LogP contribution in [-0.2, 0) is 6.54 Å². The average Bonchev–Trinajstić information content (AvgIpc) is 3.02. The third-order valence-electron chi connectivity index (χ3n) is 4.52. The van der Waals surface area contributed by atoms with Gasteiger partial charge in [0.1, 0.15) is 0 Å². The van der Waals surface area contributed by atoms with Crippen molar-refractivity contribution in [3.8, 4) is 0 Å². The molecule has 0 unspecified atom stereocenters. The smallest absolute Gasteiger partial charge is 0.408 e. The van der Waals surface area contributed by atoms with Crippen LogP contribution in [0.4, 0.5) is 0 Å². The molecule has 0 saturated heterocycles. The molecule has 0 bridgehead atoms. The average molecular weight is 426 g/mol. The third-order valence-corrected chi connectivity index (χ3v) is 5.16. The molecule has 1 aromatic heterocycles. The molecule has 0 amide bonds. The van der Waals surface area contributed by atoms with E-state index in [0.717, 1.165) is 0 Å². The second kappa shape index (κ2) is 7.70. The zero-order valence-electron chi connectivity index (χ0n) is 14.9. The third kappa shape index (κ3) is 3.62. The second-order valence-corrected chi connectivity index (χ2v) is 7.17. The Morgan fingerprint density at radius 3 is 2.28 bits per heavy atom. The number of aromatic nitrogens is 1. The van der Waals surface area contributed by atoms with Crippen LogP contribution >= 0.6 is 23.2 Å². The van der Waals surface area contributed by atoms with E-state index in [0.29, 0.717) is 16.1 Å². The second-order valence-electron chi connectivity index (χ2n) is 6.35. The minimum absolute atomic E-state index is 0.129. The molecule has 0 aliphatic heterocycles. The molecule has 0 spiro atoms. The summed E-state index contributed by atoms with van der Waals surface area (Å²) in [5.41, 5.74) is 1.42. The summed E-state index contributed by atoms with van der Waals surface area (Å²) >= 11 is 12.4. The van der Waals surface area contributed by atoms with E-state index in [1.165, 1.54) is 16.7 Å². The first-order valence-electron chi connectivity index (χ1n) is 8.66. The molecule has 4 rings (SSSR count). The molecule has 0 aliphatic carbocycles. The molecule has 4 aromatic rings. The van der Waals surface area contributed by atoms with Crippen LogP contribution in [-0.4, -0.2) is 16.1 Å². The Morgan fingerprint density at radius 1 is 0.862 bits per heavy atom. The van der Waals surface area contributed by atoms with Crippen LogP contribution < -0.4 is 5.76 Å². The van der Waals surface area contributed by atoms with E-state index in [-0.39, 0.29) is 34.1 Å². The van der Waals surface area contributed by atoms with Gasteiger partial charge in [0.05, 0.1) is 22.1 Å². The number of hydrogen-bond acceptors (Lipinski definition) is 4. The lowest BCUT2D eigenvalue weighted by atomic mass is 10.0. The van der Waals surface area contributed by atoms with Crippen LogP contribution in [0.1, 0.15) is 26.3 Å². The number of fused-ring (bicyclic) bond motifs is 1. The van der Waals surface area contributed by atoms with Crippen LogP contribution in [0.15, 0.2) is 75.9 Å². The van der Waals surface area contributed by atoms with Crippen molar-refractivity contribution in [2.24, 2.45) is 0 Å². The van der Waals surface area contributed by atoms with Crippen molar-refractivity contribution < 1.29 is 14.0 Å². The number of hydrogen-bond donors (Lipinski definition) is 0. The van der Waals surface area contributed by atoms with Crippen LogP contribution in [0.2, 0.25) is 10.0 Å². The SMILES string of the molecule is O=C(Cn1c(=O)oc2cc(C(=O)c3ccccc3Cl)c(Cl)cc21)c1ccccc1. The fourth-order valence-corrected chi connectivity index (χ4v) is 3.52. The molecule has 0 N–H and O–H groups in total. The molecule has 5 nitrogen and oxygen atoms in total. The van der Waals surface area contributed by atoms with Gasteiger partial charge < -0.3 is 4.42 Å². The summed E-state index contributed by atoms with van der Waals surface area (Å²) in [6, 6.07) is 18.1. The van der Waals surface area contributed by atoms with Crippen LogP contribution in [0.5, 0.6) is 0 Å². The summed E-state index contributed by atoms with van der Waals surface area (Å²) in [6.45, 7) is -0.204. The summed E-state index contributed by atoms with van der Waals surface area (Å²) in [4.78, 5) is 37.6. The molecular formula is C22H13Cl2NO4. The van der Waals surface area contributed by atoms with Crippen molar-refractivity contribution in [2.75, 3.05) is 0 Å². The van der Waals surface area contributed by atoms with Gasteiger partial charge in [0.2, 0.25) is 0 Å². The van der Waals surface area contributed by atoms with E-state index < -0.39 is 11.5 Å². The molecule has 144 valence electrons. The number of oxazole rings is 1. The van der Waals surface area contributed by atoms with Crippen LogP contribution in [0, 0.1) is 0 Å². The van der Waals surface area contributed by atoms with Gasteiger partial charge in [-0.1, -0.05) is 65.7 Å². The number of rotatable bonds is 5. The lowest BCUT2D eigenvalue weighted by Gasteiger charge is -2.07. The lowest BCUT2D eigenvalue weighted by Crippen LogP contribution is -2.20. The first-order chi connectivity index (χ1) is 14.0. The molecule has 0 atom stereocenters. The number of nitrogens with zero attached hydrogens (tertiary/aromatic N) is 1. The monoisotopic (exact) mass is 425 g/mol. The van der Waals surface area contributed by atoms with E-state index in [4.69, 9.17) is 27.6 Å². The van der Waals surface area contributed by atoms with Gasteiger partial charge in [0.25, 0.3) is 0 Å². The first-order valence-corrected chi connectivity index (χ1v) is 9.41. The molecule has 7 heteroatoms. The van der Waals surface area contributed by atoms with Crippen molar-refractivity contribution in [2.45, 2.75) is 6.54 Å². The number of Topliss-reactive ketones (excluding diaryl/α,β-unsaturated/α-hetero) is 1. The highest BCUT2D eigenvalue weighted by Crippen LogP contribution is 2.28. The predicted octanol–water partition coefficient (Wildman–Crippen LogP) is 5.02. The fraction of sp³-hybridized carbons (Fsp3) is 0.0455. The van der Waals surface area contributed by atoms with Crippen molar-refractivity contribution in [3.05, 3.63) is 104 Å². The number of halogens is 2. The van der Waals surface area contributed by atoms with E-state index in [1.54, 1.807) is 54.6 Å². The standard InChI is InChI=1S/C22H13Cl2NO4/c23-16-9-5-4-8-14(16)21(27)15-10-20-18(11-17(15)24)25(22(28)29-20)12-19(26)13-6-2-1-3-7-13/h1-11H,12H2. The molecule has 29 heavy (non-hydrogen) atoms. The zero-order valence-corrected chi connectivity index (χ0v) is 16.4. The largest absolute Gasteiger partial charge is 0.420 e. The number of benzene rings is 3. The highest BCUT2D eigenvalue weighted by atomic mass is 35.5. The minimum atomic E-state index is -0.706. The fourth-order valence-electron chi connectivity index (χ4n) is 3.06. The lowest BCUT2D eigenvalue weighted by molar-refractivity contribution is 0.0969. The summed E-state index contributed by atoms with van der Waals surface area (Å²) in [5.74, 6) is -1.34. The van der Waals surface area contributed by atoms with Gasteiger partial charge in [-0.25, -0.2) is 4.79 Å². The van der Waals surface area contributed by atoms with Gasteiger partial charge in [0, 0.05) is 16.7 Å². The van der Waals surface area contributed by atoms with E-state index in [2.05, 4.69) is 0 Å². The highest BCUT2D eigenvalue weighted by Gasteiger charge is 2.20. The topological polar surface area (TPSA) is 69.3 Å². The number of carbonyl (C=O) groups excluding carboxylic acids is 2. The van der Waals surface area contributed by atoms with E-state index in [1.807, 2.05) is 0 Å². The molecule has 0 saturated carbocycles. The van der Waals surface area contributed by atoms with Gasteiger partial charge in [-0.2, -0.15) is 0 Å². The van der Waals surface area contributed by atoms with Gasteiger partial charge in [-0.15, -0.1) is 0 Å². The molecule has 0 fully saturated rings. The van der Waals surface area contributed by atoms with Gasteiger partial charge in [0.15, 0.2) is 17.1 Å². The Kier molecular flexibility index (Phi) is 5.09. The van der Waals surface area contributed by atoms with Crippen LogP contribution in [0.25, 0.3) is 11.1 Å². The Balaban J connectivity index is 1.75. The number of ketones is 2. The summed E-state index contributed by atoms with van der Waals surface area (Å²) < 4.78 is 6.45. The molecule has 1 heterocycles. The Hall–Kier alpha value is -3.15. The Labute approximate surface area is 175 Å². The maximum absolute atomic E-state index is 12.8. The quantitative estimate of drug-likeness (QED) is 0.421. The highest BCUT2D eigenvalue weighted by molar-refractivity contribution is 6.38. The van der Waals surface area contributed by atoms with Crippen molar-refractivity contribution in [1.82, 2.24) is 4.57 Å². The van der Waals surface area contributed by atoms with Crippen LogP contribution in [0.3, 0.4) is 0 Å². The number of carbonyl (C=O) groups is 2. The van der Waals surface area contributed by atoms with Crippen molar-refractivity contribution in [3.63, 3.8) is 0 Å². The van der Waals surface area contributed by atoms with Crippen molar-refractivity contribution >= 4 is 45.9 Å². The van der Waals surface area contributed by atoms with Gasteiger partial charge in [-0.3, -0.25) is 14.2 Å². The molecule has 0 radical (unpaired) electrons. The maximum atomic E-state index is 12.8. The maximum Gasteiger partial charge on any atom is 0.420 e. The molecular weight excluding hydrogens is 413 g/mol. The summed E-state index contributed by atoms with van der Waals surface area (Å²) in [7, 11) is 0. The normalized spacial score (nSPS) is 11.0. The Morgan fingerprint density at radius 2 is 1.55 bits per heavy atom. The van der Waals surface area contributed by atoms with E-state index >= 15 is 0 Å². The summed E-state index contributed by atoms with van der Waals surface area (Å²) in [6.07, 6.45) is 0. The van der Waals surface area contributed by atoms with Gasteiger partial charge >= 0.3 is 5.76 Å². The van der Waals surface area contributed by atoms with Crippen molar-refractivity contribution in [1.29, 1.82) is 0 Å². The molecule has 0 aliphatic rings. The summed E-state index contributed by atoms with van der Waals surface area (Å²) in [5, 5.41) is 0.422. The zero-order chi connectivity index (χ0) is 20.5.